The van der Waals surface area contributed by atoms with Gasteiger partial charge in [0.05, 0.1) is 11.9 Å². The molecule has 0 saturated heterocycles. The lowest BCUT2D eigenvalue weighted by Crippen LogP contribution is -2.07. The first-order chi connectivity index (χ1) is 9.63. The smallest absolute Gasteiger partial charge is 0.313 e. The van der Waals surface area contributed by atoms with Crippen molar-refractivity contribution < 1.29 is 14.3 Å². The van der Waals surface area contributed by atoms with Crippen LogP contribution in [0.5, 0.6) is 0 Å². The van der Waals surface area contributed by atoms with Crippen LogP contribution in [0.3, 0.4) is 0 Å². The Hall–Kier alpha value is -1.76. The van der Waals surface area contributed by atoms with Crippen LogP contribution in [0.2, 0.25) is 0 Å². The Morgan fingerprint density at radius 1 is 1.35 bits per heavy atom. The molecule has 0 saturated carbocycles. The summed E-state index contributed by atoms with van der Waals surface area (Å²) in [5.41, 5.74) is 1.04. The molecular weight excluding hydrogens is 278 g/mol. The number of aliphatic carboxylic acids is 1. The van der Waals surface area contributed by atoms with Crippen molar-refractivity contribution in [2.45, 2.75) is 38.4 Å². The van der Waals surface area contributed by atoms with Crippen molar-refractivity contribution in [2.24, 2.45) is 0 Å². The molecule has 0 spiro atoms. The highest BCUT2D eigenvalue weighted by Crippen LogP contribution is 2.20. The highest BCUT2D eigenvalue weighted by Gasteiger charge is 2.13. The minimum Gasteiger partial charge on any atom is -0.481 e. The van der Waals surface area contributed by atoms with Crippen LogP contribution in [0.1, 0.15) is 31.2 Å². The van der Waals surface area contributed by atoms with Gasteiger partial charge in [-0.15, -0.1) is 0 Å². The monoisotopic (exact) mass is 295 g/mol. The fraction of sp³-hybridized carbons (Fsp3) is 0.462. The molecule has 2 rings (SSSR count). The number of nitrogens with zero attached hydrogens (tertiary/aromatic N) is 3. The fourth-order valence-corrected chi connectivity index (χ4v) is 2.52. The number of thioether (sulfide) groups is 1. The molecule has 0 bridgehead atoms. The summed E-state index contributed by atoms with van der Waals surface area (Å²) < 4.78 is 7.56. The Bertz CT molecular complexity index is 591. The van der Waals surface area contributed by atoms with Crippen LogP contribution in [0.15, 0.2) is 22.0 Å². The zero-order valence-electron chi connectivity index (χ0n) is 11.5. The number of hydrogen-bond acceptors (Lipinski definition) is 5. The first-order valence-electron chi connectivity index (χ1n) is 6.46. The van der Waals surface area contributed by atoms with Crippen molar-refractivity contribution in [1.29, 1.82) is 0 Å². The van der Waals surface area contributed by atoms with Gasteiger partial charge in [0.15, 0.2) is 5.16 Å². The van der Waals surface area contributed by atoms with E-state index in [1.54, 1.807) is 12.4 Å². The van der Waals surface area contributed by atoms with Gasteiger partial charge in [0, 0.05) is 18.3 Å². The van der Waals surface area contributed by atoms with Crippen molar-refractivity contribution in [2.75, 3.05) is 5.75 Å². The lowest BCUT2D eigenvalue weighted by Gasteiger charge is -2.07. The van der Waals surface area contributed by atoms with Crippen LogP contribution in [0, 0.1) is 0 Å². The number of aryl methyl sites for hydroxylation is 2. The van der Waals surface area contributed by atoms with Crippen LogP contribution in [-0.4, -0.2) is 31.4 Å². The molecule has 0 atom stereocenters. The molecule has 6 nitrogen and oxygen atoms in total. The highest BCUT2D eigenvalue weighted by atomic mass is 32.2. The van der Waals surface area contributed by atoms with E-state index in [1.165, 1.54) is 11.8 Å². The molecule has 0 fully saturated rings. The predicted octanol–water partition coefficient (Wildman–Crippen LogP) is 2.22. The van der Waals surface area contributed by atoms with Crippen molar-refractivity contribution in [3.05, 3.63) is 29.7 Å². The second-order valence-electron chi connectivity index (χ2n) is 4.23. The molecule has 7 heteroatoms. The zero-order chi connectivity index (χ0) is 14.5. The average Bonchev–Trinajstić information content (AvgIpc) is 3.03. The fourth-order valence-electron chi connectivity index (χ4n) is 1.80. The zero-order valence-corrected chi connectivity index (χ0v) is 12.3. The van der Waals surface area contributed by atoms with Crippen LogP contribution in [0.25, 0.3) is 0 Å². The van der Waals surface area contributed by atoms with E-state index < -0.39 is 5.97 Å². The third kappa shape index (κ3) is 3.41. The van der Waals surface area contributed by atoms with E-state index >= 15 is 0 Å². The van der Waals surface area contributed by atoms with E-state index in [0.29, 0.717) is 17.6 Å². The maximum Gasteiger partial charge on any atom is 0.313 e. The minimum atomic E-state index is -0.855. The Kier molecular flexibility index (Phi) is 4.84. The number of oxazole rings is 1. The lowest BCUT2D eigenvalue weighted by atomic mass is 10.3. The summed E-state index contributed by atoms with van der Waals surface area (Å²) in [5, 5.41) is 9.45. The molecule has 0 aliphatic heterocycles. The van der Waals surface area contributed by atoms with Crippen molar-refractivity contribution in [1.82, 2.24) is 14.5 Å². The number of carbonyl (C=O) groups is 1. The minimum absolute atomic E-state index is 0.00798. The number of imidazole rings is 1. The number of aromatic nitrogens is 3. The molecule has 2 aromatic rings. The molecule has 1 N–H and O–H groups in total. The quantitative estimate of drug-likeness (QED) is 0.789. The molecule has 2 heterocycles. The first kappa shape index (κ1) is 14.6. The summed E-state index contributed by atoms with van der Waals surface area (Å²) in [4.78, 5) is 19.2. The summed E-state index contributed by atoms with van der Waals surface area (Å²) in [7, 11) is 0. The molecule has 0 aliphatic carbocycles. The van der Waals surface area contributed by atoms with E-state index in [4.69, 9.17) is 9.52 Å². The van der Waals surface area contributed by atoms with Crippen LogP contribution < -0.4 is 0 Å². The second kappa shape index (κ2) is 6.60. The van der Waals surface area contributed by atoms with Crippen molar-refractivity contribution in [3.63, 3.8) is 0 Å². The molecule has 20 heavy (non-hydrogen) atoms. The Labute approximate surface area is 121 Å². The average molecular weight is 295 g/mol. The maximum atomic E-state index is 10.7. The summed E-state index contributed by atoms with van der Waals surface area (Å²) in [6.45, 7) is 4.52. The summed E-state index contributed by atoms with van der Waals surface area (Å²) in [6, 6.07) is 0. The molecular formula is C13H17N3O3S. The molecule has 0 aliphatic rings. The highest BCUT2D eigenvalue weighted by molar-refractivity contribution is 7.99. The van der Waals surface area contributed by atoms with Crippen LogP contribution in [0.4, 0.5) is 0 Å². The predicted molar refractivity (Wildman–Crippen MR) is 74.9 cm³/mol. The second-order valence-corrected chi connectivity index (χ2v) is 5.17. The number of carboxylic acid groups (broad SMARTS) is 1. The van der Waals surface area contributed by atoms with Gasteiger partial charge in [-0.2, -0.15) is 0 Å². The van der Waals surface area contributed by atoms with E-state index in [2.05, 4.69) is 9.97 Å². The lowest BCUT2D eigenvalue weighted by molar-refractivity contribution is -0.133. The summed E-state index contributed by atoms with van der Waals surface area (Å²) >= 11 is 1.21. The Balaban J connectivity index is 2.19. The third-order valence-electron chi connectivity index (χ3n) is 2.83. The third-order valence-corrected chi connectivity index (χ3v) is 3.81. The van der Waals surface area contributed by atoms with Crippen LogP contribution >= 0.6 is 11.8 Å². The van der Waals surface area contributed by atoms with Crippen molar-refractivity contribution >= 4 is 17.7 Å². The summed E-state index contributed by atoms with van der Waals surface area (Å²) in [6.07, 6.45) is 5.12. The normalized spacial score (nSPS) is 10.9. The maximum absolute atomic E-state index is 10.7. The van der Waals surface area contributed by atoms with Gasteiger partial charge in [0.1, 0.15) is 12.3 Å². The molecule has 0 radical (unpaired) electrons. The first-order valence-corrected chi connectivity index (χ1v) is 7.45. The topological polar surface area (TPSA) is 81.2 Å². The van der Waals surface area contributed by atoms with E-state index in [1.807, 2.05) is 18.4 Å². The Morgan fingerprint density at radius 3 is 2.75 bits per heavy atom. The van der Waals surface area contributed by atoms with E-state index in [0.717, 1.165) is 24.3 Å². The number of rotatable bonds is 7. The van der Waals surface area contributed by atoms with Gasteiger partial charge in [-0.05, 0) is 6.42 Å². The molecule has 0 aromatic carbocycles. The van der Waals surface area contributed by atoms with Crippen molar-refractivity contribution in [3.8, 4) is 0 Å². The van der Waals surface area contributed by atoms with Gasteiger partial charge in [-0.3, -0.25) is 4.79 Å². The SMILES string of the molecule is CCc1cnc(Cn2c(CC)cnc2SCC(=O)O)o1. The van der Waals surface area contributed by atoms with Gasteiger partial charge >= 0.3 is 5.97 Å². The van der Waals surface area contributed by atoms with Gasteiger partial charge in [0.25, 0.3) is 0 Å². The van der Waals surface area contributed by atoms with E-state index in [9.17, 15) is 4.79 Å². The molecule has 0 unspecified atom stereocenters. The molecule has 2 aromatic heterocycles. The van der Waals surface area contributed by atoms with E-state index in [-0.39, 0.29) is 5.75 Å². The van der Waals surface area contributed by atoms with Crippen LogP contribution in [-0.2, 0) is 24.2 Å². The largest absolute Gasteiger partial charge is 0.481 e. The van der Waals surface area contributed by atoms with Gasteiger partial charge in [-0.1, -0.05) is 25.6 Å². The number of hydrogen-bond donors (Lipinski definition) is 1. The standard InChI is InChI=1S/C13H17N3O3S/c1-3-9-5-15-13(20-8-12(17)18)16(9)7-11-14-6-10(4-2)19-11/h5-6H,3-4,7-8H2,1-2H3,(H,17,18). The van der Waals surface area contributed by atoms with Gasteiger partial charge in [-0.25, -0.2) is 9.97 Å². The summed E-state index contributed by atoms with van der Waals surface area (Å²) in [5.74, 6) is 0.600. The van der Waals surface area contributed by atoms with Gasteiger partial charge in [0.2, 0.25) is 5.89 Å². The molecule has 0 amide bonds. The Morgan fingerprint density at radius 2 is 2.15 bits per heavy atom. The molecule has 108 valence electrons. The van der Waals surface area contributed by atoms with Gasteiger partial charge < -0.3 is 14.1 Å². The number of carboxylic acids is 1.